The minimum absolute atomic E-state index is 0.0303. The summed E-state index contributed by atoms with van der Waals surface area (Å²) in [7, 11) is -1.00. The van der Waals surface area contributed by atoms with E-state index in [0.29, 0.717) is 17.9 Å². The lowest BCUT2D eigenvalue weighted by Gasteiger charge is -2.23. The van der Waals surface area contributed by atoms with Crippen LogP contribution in [0.3, 0.4) is 0 Å². The fourth-order valence-corrected chi connectivity index (χ4v) is 4.30. The first-order chi connectivity index (χ1) is 14.3. The van der Waals surface area contributed by atoms with Crippen LogP contribution in [0.1, 0.15) is 25.8 Å². The van der Waals surface area contributed by atoms with Crippen molar-refractivity contribution in [3.05, 3.63) is 54.1 Å². The number of rotatable bonds is 11. The van der Waals surface area contributed by atoms with Crippen LogP contribution in [0.4, 0.5) is 0 Å². The van der Waals surface area contributed by atoms with Gasteiger partial charge in [-0.05, 0) is 37.5 Å². The number of methoxy groups -OCH3 is 2. The van der Waals surface area contributed by atoms with Crippen LogP contribution in [0.25, 0.3) is 0 Å². The van der Waals surface area contributed by atoms with Gasteiger partial charge in [0.05, 0.1) is 25.7 Å². The van der Waals surface area contributed by atoms with Gasteiger partial charge in [0.1, 0.15) is 0 Å². The molecule has 164 valence electrons. The maximum Gasteiger partial charge on any atom is 0.243 e. The van der Waals surface area contributed by atoms with Gasteiger partial charge in [0.2, 0.25) is 15.9 Å². The molecule has 0 bridgehead atoms. The van der Waals surface area contributed by atoms with Gasteiger partial charge in [-0.2, -0.15) is 4.31 Å². The van der Waals surface area contributed by atoms with E-state index < -0.39 is 10.0 Å². The highest BCUT2D eigenvalue weighted by Crippen LogP contribution is 2.30. The number of hydrogen-bond donors (Lipinski definition) is 1. The molecule has 2 rings (SSSR count). The van der Waals surface area contributed by atoms with Gasteiger partial charge in [-0.15, -0.1) is 0 Å². The third-order valence-corrected chi connectivity index (χ3v) is 6.67. The van der Waals surface area contributed by atoms with Crippen LogP contribution < -0.4 is 14.8 Å². The number of hydrogen-bond acceptors (Lipinski definition) is 5. The van der Waals surface area contributed by atoms with Crippen LogP contribution in [-0.2, 0) is 21.2 Å². The SMILES string of the molecule is CC[C@H](C)NC(=O)CN(CCc1ccccc1)S(=O)(=O)c1ccc(OC)c(OC)c1. The second-order valence-electron chi connectivity index (χ2n) is 6.97. The first-order valence-corrected chi connectivity index (χ1v) is 11.3. The van der Waals surface area contributed by atoms with E-state index in [1.54, 1.807) is 6.07 Å². The summed E-state index contributed by atoms with van der Waals surface area (Å²) in [6, 6.07) is 13.9. The molecule has 0 saturated heterocycles. The zero-order chi connectivity index (χ0) is 22.1. The Balaban J connectivity index is 2.31. The molecule has 0 aliphatic heterocycles. The maximum absolute atomic E-state index is 13.4. The molecule has 8 heteroatoms. The van der Waals surface area contributed by atoms with Gasteiger partial charge in [-0.1, -0.05) is 37.3 Å². The van der Waals surface area contributed by atoms with Crippen molar-refractivity contribution in [3.8, 4) is 11.5 Å². The quantitative estimate of drug-likeness (QED) is 0.588. The van der Waals surface area contributed by atoms with E-state index in [2.05, 4.69) is 5.32 Å². The van der Waals surface area contributed by atoms with Crippen molar-refractivity contribution >= 4 is 15.9 Å². The topological polar surface area (TPSA) is 84.9 Å². The van der Waals surface area contributed by atoms with E-state index in [-0.39, 0.29) is 29.9 Å². The van der Waals surface area contributed by atoms with Gasteiger partial charge >= 0.3 is 0 Å². The van der Waals surface area contributed by atoms with Crippen LogP contribution in [0, 0.1) is 0 Å². The van der Waals surface area contributed by atoms with E-state index in [4.69, 9.17) is 9.47 Å². The number of carbonyl (C=O) groups is 1. The van der Waals surface area contributed by atoms with E-state index in [1.807, 2.05) is 44.2 Å². The first kappa shape index (κ1) is 23.7. The monoisotopic (exact) mass is 434 g/mol. The summed E-state index contributed by atoms with van der Waals surface area (Å²) in [6.07, 6.45) is 1.25. The highest BCUT2D eigenvalue weighted by Gasteiger charge is 2.28. The van der Waals surface area contributed by atoms with Crippen molar-refractivity contribution in [1.29, 1.82) is 0 Å². The van der Waals surface area contributed by atoms with Crippen LogP contribution in [0.5, 0.6) is 11.5 Å². The molecule has 1 atom stereocenters. The fourth-order valence-electron chi connectivity index (χ4n) is 2.89. The summed E-state index contributed by atoms with van der Waals surface area (Å²) >= 11 is 0. The zero-order valence-electron chi connectivity index (χ0n) is 17.9. The Bertz CT molecular complexity index is 932. The number of nitrogens with zero attached hydrogens (tertiary/aromatic N) is 1. The number of ether oxygens (including phenoxy) is 2. The van der Waals surface area contributed by atoms with Gasteiger partial charge in [0.15, 0.2) is 11.5 Å². The summed E-state index contributed by atoms with van der Waals surface area (Å²) in [5, 5.41) is 2.83. The Hall–Kier alpha value is -2.58. The van der Waals surface area contributed by atoms with Crippen LogP contribution in [0.2, 0.25) is 0 Å². The Morgan fingerprint density at radius 1 is 1.07 bits per heavy atom. The number of carbonyl (C=O) groups excluding carboxylic acids is 1. The first-order valence-electron chi connectivity index (χ1n) is 9.87. The molecular formula is C22H30N2O5S. The molecule has 1 N–H and O–H groups in total. The Kier molecular flexibility index (Phi) is 8.68. The molecule has 0 heterocycles. The van der Waals surface area contributed by atoms with Crippen molar-refractivity contribution in [2.45, 2.75) is 37.6 Å². The van der Waals surface area contributed by atoms with Crippen LogP contribution in [0.15, 0.2) is 53.4 Å². The minimum atomic E-state index is -3.93. The highest BCUT2D eigenvalue weighted by atomic mass is 32.2. The van der Waals surface area contributed by atoms with Gasteiger partial charge in [0, 0.05) is 18.7 Å². The van der Waals surface area contributed by atoms with Crippen molar-refractivity contribution in [3.63, 3.8) is 0 Å². The second kappa shape index (κ2) is 11.0. The summed E-state index contributed by atoms with van der Waals surface area (Å²) in [6.45, 7) is 3.76. The highest BCUT2D eigenvalue weighted by molar-refractivity contribution is 7.89. The summed E-state index contributed by atoms with van der Waals surface area (Å²) < 4.78 is 38.4. The molecule has 2 aromatic carbocycles. The van der Waals surface area contributed by atoms with Crippen molar-refractivity contribution < 1.29 is 22.7 Å². The van der Waals surface area contributed by atoms with E-state index in [9.17, 15) is 13.2 Å². The predicted molar refractivity (Wildman–Crippen MR) is 116 cm³/mol. The largest absolute Gasteiger partial charge is 0.493 e. The predicted octanol–water partition coefficient (Wildman–Crippen LogP) is 2.85. The molecule has 1 amide bonds. The summed E-state index contributed by atoms with van der Waals surface area (Å²) in [5.74, 6) is 0.411. The molecule has 0 saturated carbocycles. The molecule has 0 spiro atoms. The smallest absolute Gasteiger partial charge is 0.243 e. The minimum Gasteiger partial charge on any atom is -0.493 e. The number of nitrogens with one attached hydrogen (secondary N) is 1. The second-order valence-corrected chi connectivity index (χ2v) is 8.91. The average molecular weight is 435 g/mol. The van der Waals surface area contributed by atoms with Crippen LogP contribution >= 0.6 is 0 Å². The van der Waals surface area contributed by atoms with Crippen molar-refractivity contribution in [1.82, 2.24) is 9.62 Å². The normalized spacial score (nSPS) is 12.4. The third kappa shape index (κ3) is 6.21. The average Bonchev–Trinajstić information content (AvgIpc) is 2.76. The molecule has 0 radical (unpaired) electrons. The summed E-state index contributed by atoms with van der Waals surface area (Å²) in [4.78, 5) is 12.5. The Morgan fingerprint density at radius 3 is 2.33 bits per heavy atom. The lowest BCUT2D eigenvalue weighted by atomic mass is 10.1. The van der Waals surface area contributed by atoms with Gasteiger partial charge in [-0.25, -0.2) is 8.42 Å². The van der Waals surface area contributed by atoms with E-state index in [0.717, 1.165) is 12.0 Å². The standard InChI is InChI=1S/C22H30N2O5S/c1-5-17(2)23-22(25)16-24(14-13-18-9-7-6-8-10-18)30(26,27)19-11-12-20(28-3)21(15-19)29-4/h6-12,15,17H,5,13-14,16H2,1-4H3,(H,23,25)/t17-/m0/s1. The lowest BCUT2D eigenvalue weighted by molar-refractivity contribution is -0.121. The number of amides is 1. The fraction of sp³-hybridized carbons (Fsp3) is 0.409. The molecular weight excluding hydrogens is 404 g/mol. The van der Waals surface area contributed by atoms with Gasteiger partial charge < -0.3 is 14.8 Å². The molecule has 7 nitrogen and oxygen atoms in total. The molecule has 0 aromatic heterocycles. The summed E-state index contributed by atoms with van der Waals surface area (Å²) in [5.41, 5.74) is 0.993. The number of benzene rings is 2. The van der Waals surface area contributed by atoms with E-state index in [1.165, 1.54) is 30.7 Å². The molecule has 0 fully saturated rings. The third-order valence-electron chi connectivity index (χ3n) is 4.83. The van der Waals surface area contributed by atoms with Crippen molar-refractivity contribution in [2.24, 2.45) is 0 Å². The Morgan fingerprint density at radius 2 is 1.73 bits per heavy atom. The van der Waals surface area contributed by atoms with Crippen LogP contribution in [-0.4, -0.2) is 52.0 Å². The lowest BCUT2D eigenvalue weighted by Crippen LogP contribution is -2.44. The zero-order valence-corrected chi connectivity index (χ0v) is 18.7. The van der Waals surface area contributed by atoms with Gasteiger partial charge in [0.25, 0.3) is 0 Å². The van der Waals surface area contributed by atoms with Crippen molar-refractivity contribution in [2.75, 3.05) is 27.3 Å². The Labute approximate surface area is 179 Å². The molecule has 30 heavy (non-hydrogen) atoms. The van der Waals surface area contributed by atoms with E-state index >= 15 is 0 Å². The number of sulfonamides is 1. The van der Waals surface area contributed by atoms with Gasteiger partial charge in [-0.3, -0.25) is 4.79 Å². The maximum atomic E-state index is 13.4. The molecule has 0 aliphatic rings. The molecule has 0 unspecified atom stereocenters. The molecule has 0 aliphatic carbocycles. The molecule has 2 aromatic rings.